The molecule has 130 valence electrons. The SMILES string of the molecule is CC1(C)c2ccccc2Oc2cccc(-c3cc4c(cn3)CCCC4)c21. The van der Waals surface area contributed by atoms with E-state index in [1.807, 2.05) is 6.07 Å². The largest absolute Gasteiger partial charge is 0.457 e. The van der Waals surface area contributed by atoms with Crippen LogP contribution in [0.15, 0.2) is 54.7 Å². The third kappa shape index (κ3) is 2.28. The highest BCUT2D eigenvalue weighted by Gasteiger charge is 2.36. The molecule has 0 atom stereocenters. The monoisotopic (exact) mass is 341 g/mol. The summed E-state index contributed by atoms with van der Waals surface area (Å²) in [7, 11) is 0. The molecule has 0 N–H and O–H groups in total. The molecule has 2 aromatic carbocycles. The Morgan fingerprint density at radius 3 is 2.54 bits per heavy atom. The third-order valence-corrected chi connectivity index (χ3v) is 5.93. The lowest BCUT2D eigenvalue weighted by Gasteiger charge is -2.36. The van der Waals surface area contributed by atoms with Crippen LogP contribution >= 0.6 is 0 Å². The Balaban J connectivity index is 1.70. The van der Waals surface area contributed by atoms with E-state index < -0.39 is 0 Å². The van der Waals surface area contributed by atoms with Gasteiger partial charge >= 0.3 is 0 Å². The number of benzene rings is 2. The van der Waals surface area contributed by atoms with Crippen LogP contribution in [0.2, 0.25) is 0 Å². The van der Waals surface area contributed by atoms with Gasteiger partial charge in [-0.3, -0.25) is 4.98 Å². The summed E-state index contributed by atoms with van der Waals surface area (Å²) in [6, 6.07) is 17.0. The van der Waals surface area contributed by atoms with Crippen molar-refractivity contribution in [1.82, 2.24) is 4.98 Å². The number of aryl methyl sites for hydroxylation is 2. The van der Waals surface area contributed by atoms with E-state index in [0.717, 1.165) is 23.6 Å². The van der Waals surface area contributed by atoms with E-state index in [1.54, 1.807) is 0 Å². The zero-order chi connectivity index (χ0) is 17.7. The molecule has 0 spiro atoms. The Hall–Kier alpha value is -2.61. The summed E-state index contributed by atoms with van der Waals surface area (Å²) < 4.78 is 6.26. The Morgan fingerprint density at radius 1 is 0.885 bits per heavy atom. The molecule has 0 fully saturated rings. The van der Waals surface area contributed by atoms with Crippen LogP contribution in [-0.4, -0.2) is 4.98 Å². The van der Waals surface area contributed by atoms with Crippen LogP contribution in [0.4, 0.5) is 0 Å². The fourth-order valence-corrected chi connectivity index (χ4v) is 4.56. The van der Waals surface area contributed by atoms with Gasteiger partial charge in [0, 0.05) is 28.3 Å². The minimum absolute atomic E-state index is 0.127. The van der Waals surface area contributed by atoms with Gasteiger partial charge in [-0.1, -0.05) is 44.2 Å². The first-order valence-corrected chi connectivity index (χ1v) is 9.53. The first kappa shape index (κ1) is 15.6. The summed E-state index contributed by atoms with van der Waals surface area (Å²) in [5.41, 5.74) is 7.49. The lowest BCUT2D eigenvalue weighted by atomic mass is 9.73. The molecule has 1 aliphatic carbocycles. The van der Waals surface area contributed by atoms with E-state index in [0.29, 0.717) is 0 Å². The number of pyridine rings is 1. The average Bonchev–Trinajstić information content (AvgIpc) is 2.67. The standard InChI is InChI=1S/C24H23NO/c1-24(2)19-11-5-6-12-21(19)26-22-13-7-10-18(23(22)24)20-14-16-8-3-4-9-17(16)15-25-20/h5-7,10-15H,3-4,8-9H2,1-2H3. The van der Waals surface area contributed by atoms with Crippen molar-refractivity contribution in [3.63, 3.8) is 0 Å². The van der Waals surface area contributed by atoms with Crippen molar-refractivity contribution in [1.29, 1.82) is 0 Å². The molecule has 5 rings (SSSR count). The van der Waals surface area contributed by atoms with Gasteiger partial charge in [-0.25, -0.2) is 0 Å². The van der Waals surface area contributed by atoms with Crippen LogP contribution in [0.3, 0.4) is 0 Å². The summed E-state index contributed by atoms with van der Waals surface area (Å²) in [6.45, 7) is 4.57. The van der Waals surface area contributed by atoms with Crippen molar-refractivity contribution in [2.75, 3.05) is 0 Å². The van der Waals surface area contributed by atoms with Gasteiger partial charge in [-0.15, -0.1) is 0 Å². The molecule has 1 aromatic heterocycles. The van der Waals surface area contributed by atoms with Crippen molar-refractivity contribution < 1.29 is 4.74 Å². The third-order valence-electron chi connectivity index (χ3n) is 5.93. The van der Waals surface area contributed by atoms with Crippen molar-refractivity contribution in [3.8, 4) is 22.8 Å². The van der Waals surface area contributed by atoms with E-state index in [4.69, 9.17) is 9.72 Å². The van der Waals surface area contributed by atoms with E-state index >= 15 is 0 Å². The van der Waals surface area contributed by atoms with Crippen LogP contribution in [0, 0.1) is 0 Å². The van der Waals surface area contributed by atoms with E-state index in [9.17, 15) is 0 Å². The number of para-hydroxylation sites is 1. The van der Waals surface area contributed by atoms with Crippen molar-refractivity contribution in [2.45, 2.75) is 44.9 Å². The molecule has 2 aliphatic rings. The van der Waals surface area contributed by atoms with Crippen LogP contribution in [-0.2, 0) is 18.3 Å². The van der Waals surface area contributed by atoms with Gasteiger partial charge in [-0.05, 0) is 55.0 Å². The molecular weight excluding hydrogens is 318 g/mol. The maximum absolute atomic E-state index is 6.26. The second-order valence-electron chi connectivity index (χ2n) is 7.95. The van der Waals surface area contributed by atoms with E-state index in [2.05, 4.69) is 62.5 Å². The Bertz CT molecular complexity index is 1000. The highest BCUT2D eigenvalue weighted by molar-refractivity contribution is 5.73. The molecule has 3 aromatic rings. The average molecular weight is 341 g/mol. The van der Waals surface area contributed by atoms with Crippen LogP contribution in [0.25, 0.3) is 11.3 Å². The Kier molecular flexibility index (Phi) is 3.43. The van der Waals surface area contributed by atoms with Gasteiger partial charge in [0.25, 0.3) is 0 Å². The maximum Gasteiger partial charge on any atom is 0.132 e. The second kappa shape index (κ2) is 5.70. The molecule has 2 heterocycles. The lowest BCUT2D eigenvalue weighted by Crippen LogP contribution is -2.25. The summed E-state index contributed by atoms with van der Waals surface area (Å²) in [5, 5.41) is 0. The molecule has 2 heteroatoms. The number of aromatic nitrogens is 1. The minimum atomic E-state index is -0.127. The summed E-state index contributed by atoms with van der Waals surface area (Å²) >= 11 is 0. The quantitative estimate of drug-likeness (QED) is 0.537. The van der Waals surface area contributed by atoms with Crippen molar-refractivity contribution >= 4 is 0 Å². The van der Waals surface area contributed by atoms with Crippen LogP contribution in [0.5, 0.6) is 11.5 Å². The molecular formula is C24H23NO. The normalized spacial score (nSPS) is 16.8. The Morgan fingerprint density at radius 2 is 1.65 bits per heavy atom. The second-order valence-corrected chi connectivity index (χ2v) is 7.95. The predicted octanol–water partition coefficient (Wildman–Crippen LogP) is 6.06. The topological polar surface area (TPSA) is 22.1 Å². The smallest absolute Gasteiger partial charge is 0.132 e. The molecule has 2 nitrogen and oxygen atoms in total. The van der Waals surface area contributed by atoms with Gasteiger partial charge in [0.05, 0.1) is 5.69 Å². The van der Waals surface area contributed by atoms with E-state index in [1.165, 1.54) is 47.1 Å². The van der Waals surface area contributed by atoms with Gasteiger partial charge in [-0.2, -0.15) is 0 Å². The van der Waals surface area contributed by atoms with Crippen molar-refractivity contribution in [3.05, 3.63) is 77.0 Å². The van der Waals surface area contributed by atoms with Gasteiger partial charge in [0.2, 0.25) is 0 Å². The highest BCUT2D eigenvalue weighted by Crippen LogP contribution is 2.50. The minimum Gasteiger partial charge on any atom is -0.457 e. The number of fused-ring (bicyclic) bond motifs is 3. The summed E-state index contributed by atoms with van der Waals surface area (Å²) in [6.07, 6.45) is 6.99. The van der Waals surface area contributed by atoms with Gasteiger partial charge < -0.3 is 4.74 Å². The lowest BCUT2D eigenvalue weighted by molar-refractivity contribution is 0.419. The van der Waals surface area contributed by atoms with Crippen LogP contribution in [0.1, 0.15) is 48.9 Å². The molecule has 0 saturated carbocycles. The first-order valence-electron chi connectivity index (χ1n) is 9.53. The van der Waals surface area contributed by atoms with Crippen LogP contribution < -0.4 is 4.74 Å². The summed E-state index contributed by atoms with van der Waals surface area (Å²) in [4.78, 5) is 4.84. The maximum atomic E-state index is 6.26. The molecule has 0 bridgehead atoms. The molecule has 0 unspecified atom stereocenters. The highest BCUT2D eigenvalue weighted by atomic mass is 16.5. The number of hydrogen-bond acceptors (Lipinski definition) is 2. The number of rotatable bonds is 1. The first-order chi connectivity index (χ1) is 12.6. The molecule has 26 heavy (non-hydrogen) atoms. The van der Waals surface area contributed by atoms with Gasteiger partial charge in [0.1, 0.15) is 11.5 Å². The fourth-order valence-electron chi connectivity index (χ4n) is 4.56. The zero-order valence-corrected chi connectivity index (χ0v) is 15.4. The summed E-state index contributed by atoms with van der Waals surface area (Å²) in [5.74, 6) is 1.91. The number of ether oxygens (including phenoxy) is 1. The van der Waals surface area contributed by atoms with Gasteiger partial charge in [0.15, 0.2) is 0 Å². The molecule has 0 amide bonds. The number of hydrogen-bond donors (Lipinski definition) is 0. The molecule has 1 aliphatic heterocycles. The predicted molar refractivity (Wildman–Crippen MR) is 105 cm³/mol. The number of nitrogens with zero attached hydrogens (tertiary/aromatic N) is 1. The molecule has 0 saturated heterocycles. The Labute approximate surface area is 154 Å². The van der Waals surface area contributed by atoms with Crippen molar-refractivity contribution in [2.24, 2.45) is 0 Å². The van der Waals surface area contributed by atoms with E-state index in [-0.39, 0.29) is 5.41 Å². The molecule has 0 radical (unpaired) electrons. The zero-order valence-electron chi connectivity index (χ0n) is 15.4. The fraction of sp³-hybridized carbons (Fsp3) is 0.292.